The highest BCUT2D eigenvalue weighted by Gasteiger charge is 2.14. The summed E-state index contributed by atoms with van der Waals surface area (Å²) in [4.78, 5) is 16.2. The number of carbonyl (C=O) groups is 1. The van der Waals surface area contributed by atoms with Crippen molar-refractivity contribution in [1.82, 2.24) is 14.9 Å². The molecule has 1 amide bonds. The molecule has 1 aromatic carbocycles. The van der Waals surface area contributed by atoms with Gasteiger partial charge in [-0.25, -0.2) is 10.5 Å². The van der Waals surface area contributed by atoms with Gasteiger partial charge in [-0.3, -0.25) is 14.4 Å². The molecule has 0 saturated carbocycles. The van der Waals surface area contributed by atoms with Gasteiger partial charge in [0.2, 0.25) is 0 Å². The van der Waals surface area contributed by atoms with Crippen molar-refractivity contribution in [3.63, 3.8) is 0 Å². The summed E-state index contributed by atoms with van der Waals surface area (Å²) in [5, 5.41) is 13.0. The molecule has 0 spiro atoms. The summed E-state index contributed by atoms with van der Waals surface area (Å²) >= 11 is 0. The number of aromatic nitrogens is 2. The molecule has 0 aliphatic carbocycles. The molecule has 2 aromatic heterocycles. The number of nitrogens with zero attached hydrogens (tertiary/aromatic N) is 2. The maximum absolute atomic E-state index is 11.4. The molecule has 0 atom stereocenters. The zero-order valence-corrected chi connectivity index (χ0v) is 13.7. The SMILES string of the molecule is CCCCCc1nc2ccc3ccccc3n2c1NCC(=O)NO. The number of fused-ring (bicyclic) bond motifs is 3. The number of imidazole rings is 1. The molecule has 0 fully saturated rings. The lowest BCUT2D eigenvalue weighted by Crippen LogP contribution is -2.27. The van der Waals surface area contributed by atoms with Crippen LogP contribution in [0.25, 0.3) is 16.6 Å². The van der Waals surface area contributed by atoms with Gasteiger partial charge in [0.1, 0.15) is 11.5 Å². The number of carbonyl (C=O) groups excluding carboxylic acids is 1. The second kappa shape index (κ2) is 7.31. The molecule has 3 aromatic rings. The second-order valence-corrected chi connectivity index (χ2v) is 5.84. The Morgan fingerprint density at radius 2 is 2.04 bits per heavy atom. The summed E-state index contributed by atoms with van der Waals surface area (Å²) < 4.78 is 2.04. The fourth-order valence-electron chi connectivity index (χ4n) is 2.94. The largest absolute Gasteiger partial charge is 0.360 e. The van der Waals surface area contributed by atoms with Crippen molar-refractivity contribution in [3.8, 4) is 0 Å². The topological polar surface area (TPSA) is 78.7 Å². The van der Waals surface area contributed by atoms with E-state index in [1.165, 1.54) is 0 Å². The summed E-state index contributed by atoms with van der Waals surface area (Å²) in [7, 11) is 0. The summed E-state index contributed by atoms with van der Waals surface area (Å²) in [6, 6.07) is 12.1. The predicted molar refractivity (Wildman–Crippen MR) is 94.3 cm³/mol. The van der Waals surface area contributed by atoms with E-state index in [2.05, 4.69) is 24.4 Å². The van der Waals surface area contributed by atoms with Crippen LogP contribution in [0, 0.1) is 0 Å². The van der Waals surface area contributed by atoms with Crippen molar-refractivity contribution in [2.75, 3.05) is 11.9 Å². The van der Waals surface area contributed by atoms with Crippen LogP contribution in [0.1, 0.15) is 31.9 Å². The molecule has 3 N–H and O–H groups in total. The van der Waals surface area contributed by atoms with Gasteiger partial charge >= 0.3 is 0 Å². The van der Waals surface area contributed by atoms with Crippen LogP contribution < -0.4 is 10.8 Å². The van der Waals surface area contributed by atoms with E-state index < -0.39 is 5.91 Å². The number of benzene rings is 1. The quantitative estimate of drug-likeness (QED) is 0.354. The molecule has 0 unspecified atom stereocenters. The molecule has 0 aliphatic heterocycles. The monoisotopic (exact) mass is 326 g/mol. The maximum Gasteiger partial charge on any atom is 0.262 e. The summed E-state index contributed by atoms with van der Waals surface area (Å²) in [6.07, 6.45) is 4.20. The molecule has 0 saturated heterocycles. The number of nitrogens with one attached hydrogen (secondary N) is 2. The highest BCUT2D eigenvalue weighted by atomic mass is 16.5. The lowest BCUT2D eigenvalue weighted by atomic mass is 10.1. The third kappa shape index (κ3) is 3.19. The fourth-order valence-corrected chi connectivity index (χ4v) is 2.94. The fraction of sp³-hybridized carbons (Fsp3) is 0.333. The minimum Gasteiger partial charge on any atom is -0.360 e. The molecule has 24 heavy (non-hydrogen) atoms. The number of hydrogen-bond acceptors (Lipinski definition) is 4. The normalized spacial score (nSPS) is 11.1. The van der Waals surface area contributed by atoms with Crippen LogP contribution in [0.15, 0.2) is 36.4 Å². The number of para-hydroxylation sites is 1. The van der Waals surface area contributed by atoms with Crippen LogP contribution in [-0.2, 0) is 11.2 Å². The highest BCUT2D eigenvalue weighted by molar-refractivity contribution is 5.85. The van der Waals surface area contributed by atoms with Crippen LogP contribution in [0.4, 0.5) is 5.82 Å². The molecule has 3 rings (SSSR count). The molecular weight excluding hydrogens is 304 g/mol. The molecule has 126 valence electrons. The van der Waals surface area contributed by atoms with Gasteiger partial charge in [0.05, 0.1) is 17.8 Å². The third-order valence-electron chi connectivity index (χ3n) is 4.12. The molecule has 0 aliphatic rings. The van der Waals surface area contributed by atoms with Crippen LogP contribution in [0.5, 0.6) is 0 Å². The molecule has 6 nitrogen and oxygen atoms in total. The Kier molecular flexibility index (Phi) is 4.96. The number of aryl methyl sites for hydroxylation is 1. The number of rotatable bonds is 7. The summed E-state index contributed by atoms with van der Waals surface area (Å²) in [6.45, 7) is 2.16. The van der Waals surface area contributed by atoms with Gasteiger partial charge in [-0.05, 0) is 36.4 Å². The average Bonchev–Trinajstić information content (AvgIpc) is 2.97. The van der Waals surface area contributed by atoms with Gasteiger partial charge in [-0.1, -0.05) is 38.0 Å². The van der Waals surface area contributed by atoms with E-state index in [4.69, 9.17) is 10.2 Å². The van der Waals surface area contributed by atoms with Crippen LogP contribution >= 0.6 is 0 Å². The summed E-state index contributed by atoms with van der Waals surface area (Å²) in [5.41, 5.74) is 4.49. The van der Waals surface area contributed by atoms with Gasteiger partial charge in [0.25, 0.3) is 5.91 Å². The number of unbranched alkanes of at least 4 members (excludes halogenated alkanes) is 2. The first-order chi connectivity index (χ1) is 11.7. The Labute approximate surface area is 140 Å². The van der Waals surface area contributed by atoms with Crippen LogP contribution in [0.3, 0.4) is 0 Å². The van der Waals surface area contributed by atoms with E-state index in [1.807, 2.05) is 28.7 Å². The van der Waals surface area contributed by atoms with E-state index in [0.717, 1.165) is 53.7 Å². The molecule has 0 bridgehead atoms. The average molecular weight is 326 g/mol. The second-order valence-electron chi connectivity index (χ2n) is 5.84. The van der Waals surface area contributed by atoms with E-state index in [1.54, 1.807) is 5.48 Å². The lowest BCUT2D eigenvalue weighted by molar-refractivity contribution is -0.127. The van der Waals surface area contributed by atoms with E-state index >= 15 is 0 Å². The number of pyridine rings is 1. The van der Waals surface area contributed by atoms with Crippen molar-refractivity contribution < 1.29 is 10.0 Å². The number of hydrogen-bond donors (Lipinski definition) is 3. The molecule has 6 heteroatoms. The minimum atomic E-state index is -0.482. The third-order valence-corrected chi connectivity index (χ3v) is 4.12. The maximum atomic E-state index is 11.4. The highest BCUT2D eigenvalue weighted by Crippen LogP contribution is 2.25. The van der Waals surface area contributed by atoms with Crippen molar-refractivity contribution in [2.24, 2.45) is 0 Å². The van der Waals surface area contributed by atoms with Crippen molar-refractivity contribution in [3.05, 3.63) is 42.1 Å². The van der Waals surface area contributed by atoms with Gasteiger partial charge < -0.3 is 5.32 Å². The van der Waals surface area contributed by atoms with Gasteiger partial charge in [-0.2, -0.15) is 0 Å². The Bertz CT molecular complexity index is 857. The Morgan fingerprint density at radius 3 is 2.83 bits per heavy atom. The standard InChI is InChI=1S/C18H22N4O2/c1-2-3-4-8-14-18(19-12-17(23)21-24)22-15-9-6-5-7-13(15)10-11-16(22)20-14/h5-7,9-11,19,24H,2-4,8,12H2,1H3,(H,21,23). The molecule has 0 radical (unpaired) electrons. The Balaban J connectivity index is 2.07. The van der Waals surface area contributed by atoms with E-state index in [0.29, 0.717) is 0 Å². The Hall–Kier alpha value is -2.60. The number of hydroxylamine groups is 1. The van der Waals surface area contributed by atoms with E-state index in [9.17, 15) is 4.79 Å². The summed E-state index contributed by atoms with van der Waals surface area (Å²) in [5.74, 6) is 0.339. The van der Waals surface area contributed by atoms with Crippen LogP contribution in [0.2, 0.25) is 0 Å². The van der Waals surface area contributed by atoms with Gasteiger partial charge in [0.15, 0.2) is 0 Å². The van der Waals surface area contributed by atoms with Crippen molar-refractivity contribution in [1.29, 1.82) is 0 Å². The van der Waals surface area contributed by atoms with Crippen LogP contribution in [-0.4, -0.2) is 27.0 Å². The zero-order chi connectivity index (χ0) is 16.9. The zero-order valence-electron chi connectivity index (χ0n) is 13.7. The van der Waals surface area contributed by atoms with E-state index in [-0.39, 0.29) is 6.54 Å². The lowest BCUT2D eigenvalue weighted by Gasteiger charge is -2.10. The van der Waals surface area contributed by atoms with Crippen molar-refractivity contribution in [2.45, 2.75) is 32.6 Å². The minimum absolute atomic E-state index is 0.00566. The van der Waals surface area contributed by atoms with Gasteiger partial charge in [-0.15, -0.1) is 0 Å². The molecule has 2 heterocycles. The van der Waals surface area contributed by atoms with Gasteiger partial charge in [0, 0.05) is 0 Å². The molecular formula is C18H22N4O2. The van der Waals surface area contributed by atoms with Crippen molar-refractivity contribution >= 4 is 28.3 Å². The number of anilines is 1. The predicted octanol–water partition coefficient (Wildman–Crippen LogP) is 3.14. The first-order valence-electron chi connectivity index (χ1n) is 8.30. The first kappa shape index (κ1) is 16.3. The smallest absolute Gasteiger partial charge is 0.262 e. The number of amides is 1. The Morgan fingerprint density at radius 1 is 1.21 bits per heavy atom. The first-order valence-corrected chi connectivity index (χ1v) is 8.30.